The standard InChI is InChI=1S/C18H18N4O2/c1-14(16-5-3-2-4-6-16)20-17-11-15(7-8-18(17)22(23)24)12-21-10-9-19-13-21/h2-11,13-14,20H,12H2,1H3. The van der Waals surface area contributed by atoms with Crippen molar-refractivity contribution in [2.75, 3.05) is 5.32 Å². The van der Waals surface area contributed by atoms with Crippen LogP contribution in [0.25, 0.3) is 0 Å². The summed E-state index contributed by atoms with van der Waals surface area (Å²) in [5.41, 5.74) is 2.65. The van der Waals surface area contributed by atoms with Crippen LogP contribution in [0.2, 0.25) is 0 Å². The van der Waals surface area contributed by atoms with E-state index in [1.54, 1.807) is 24.7 Å². The first kappa shape index (κ1) is 15.7. The Hall–Kier alpha value is -3.15. The van der Waals surface area contributed by atoms with Crippen LogP contribution in [0.5, 0.6) is 0 Å². The van der Waals surface area contributed by atoms with Gasteiger partial charge in [-0.1, -0.05) is 36.4 Å². The monoisotopic (exact) mass is 322 g/mol. The van der Waals surface area contributed by atoms with Crippen LogP contribution in [0.15, 0.2) is 67.3 Å². The fourth-order valence-corrected chi connectivity index (χ4v) is 2.61. The van der Waals surface area contributed by atoms with E-state index in [-0.39, 0.29) is 16.7 Å². The molecule has 0 aliphatic carbocycles. The average Bonchev–Trinajstić information content (AvgIpc) is 3.08. The number of imidazole rings is 1. The van der Waals surface area contributed by atoms with Gasteiger partial charge < -0.3 is 9.88 Å². The minimum Gasteiger partial charge on any atom is -0.373 e. The van der Waals surface area contributed by atoms with Crippen LogP contribution in [0, 0.1) is 10.1 Å². The van der Waals surface area contributed by atoms with E-state index in [1.807, 2.05) is 54.1 Å². The summed E-state index contributed by atoms with van der Waals surface area (Å²) in [6.45, 7) is 2.61. The molecule has 6 nitrogen and oxygen atoms in total. The van der Waals surface area contributed by atoms with Crippen LogP contribution in [0.1, 0.15) is 24.1 Å². The number of nitro groups is 1. The van der Waals surface area contributed by atoms with E-state index in [9.17, 15) is 10.1 Å². The predicted octanol–water partition coefficient (Wildman–Crippen LogP) is 4.01. The summed E-state index contributed by atoms with van der Waals surface area (Å²) in [5, 5.41) is 14.6. The minimum absolute atomic E-state index is 0.0339. The average molecular weight is 322 g/mol. The van der Waals surface area contributed by atoms with Crippen molar-refractivity contribution in [2.45, 2.75) is 19.5 Å². The lowest BCUT2D eigenvalue weighted by molar-refractivity contribution is -0.384. The van der Waals surface area contributed by atoms with Crippen molar-refractivity contribution in [3.63, 3.8) is 0 Å². The summed E-state index contributed by atoms with van der Waals surface area (Å²) in [6, 6.07) is 15.0. The molecule has 3 rings (SSSR count). The van der Waals surface area contributed by atoms with Crippen molar-refractivity contribution in [3.8, 4) is 0 Å². The molecule has 0 aliphatic heterocycles. The highest BCUT2D eigenvalue weighted by molar-refractivity contribution is 5.63. The second kappa shape index (κ2) is 6.95. The van der Waals surface area contributed by atoms with Crippen LogP contribution in [0.4, 0.5) is 11.4 Å². The quantitative estimate of drug-likeness (QED) is 0.549. The minimum atomic E-state index is -0.360. The topological polar surface area (TPSA) is 73.0 Å². The van der Waals surface area contributed by atoms with Crippen molar-refractivity contribution in [1.29, 1.82) is 0 Å². The van der Waals surface area contributed by atoms with Crippen molar-refractivity contribution < 1.29 is 4.92 Å². The molecule has 6 heteroatoms. The van der Waals surface area contributed by atoms with Gasteiger partial charge in [0, 0.05) is 31.0 Å². The van der Waals surface area contributed by atoms with Crippen LogP contribution in [-0.2, 0) is 6.54 Å². The van der Waals surface area contributed by atoms with Crippen molar-refractivity contribution >= 4 is 11.4 Å². The van der Waals surface area contributed by atoms with Crippen molar-refractivity contribution in [1.82, 2.24) is 9.55 Å². The molecular formula is C18H18N4O2. The summed E-state index contributed by atoms with van der Waals surface area (Å²) in [7, 11) is 0. The molecule has 0 amide bonds. The third-order valence-electron chi connectivity index (χ3n) is 3.85. The predicted molar refractivity (Wildman–Crippen MR) is 92.9 cm³/mol. The second-order valence-corrected chi connectivity index (χ2v) is 5.62. The Morgan fingerprint density at radius 2 is 2.04 bits per heavy atom. The van der Waals surface area contributed by atoms with Gasteiger partial charge in [-0.3, -0.25) is 10.1 Å². The lowest BCUT2D eigenvalue weighted by atomic mass is 10.1. The van der Waals surface area contributed by atoms with Gasteiger partial charge in [-0.15, -0.1) is 0 Å². The Kier molecular flexibility index (Phi) is 4.56. The molecule has 0 saturated carbocycles. The van der Waals surface area contributed by atoms with E-state index < -0.39 is 0 Å². The number of anilines is 1. The Balaban J connectivity index is 1.87. The molecule has 1 N–H and O–H groups in total. The summed E-state index contributed by atoms with van der Waals surface area (Å²) in [6.07, 6.45) is 5.30. The van der Waals surface area contributed by atoms with E-state index in [0.717, 1.165) is 11.1 Å². The van der Waals surface area contributed by atoms with Gasteiger partial charge in [0.25, 0.3) is 5.69 Å². The van der Waals surface area contributed by atoms with E-state index in [2.05, 4.69) is 10.3 Å². The molecular weight excluding hydrogens is 304 g/mol. The zero-order valence-electron chi connectivity index (χ0n) is 13.3. The molecule has 0 aliphatic rings. The number of aromatic nitrogens is 2. The number of nitrogens with zero attached hydrogens (tertiary/aromatic N) is 3. The van der Waals surface area contributed by atoms with Gasteiger partial charge in [-0.25, -0.2) is 4.98 Å². The van der Waals surface area contributed by atoms with Gasteiger partial charge in [0.1, 0.15) is 5.69 Å². The summed E-state index contributed by atoms with van der Waals surface area (Å²) >= 11 is 0. The number of hydrogen-bond acceptors (Lipinski definition) is 4. The zero-order valence-corrected chi connectivity index (χ0v) is 13.3. The van der Waals surface area contributed by atoms with Gasteiger partial charge in [0.2, 0.25) is 0 Å². The van der Waals surface area contributed by atoms with E-state index >= 15 is 0 Å². The summed E-state index contributed by atoms with van der Waals surface area (Å²) in [4.78, 5) is 15.0. The van der Waals surface area contributed by atoms with E-state index in [4.69, 9.17) is 0 Å². The number of hydrogen-bond donors (Lipinski definition) is 1. The first-order valence-electron chi connectivity index (χ1n) is 7.68. The molecule has 3 aromatic rings. The molecule has 24 heavy (non-hydrogen) atoms. The Morgan fingerprint density at radius 1 is 1.25 bits per heavy atom. The maximum absolute atomic E-state index is 11.3. The first-order valence-corrected chi connectivity index (χ1v) is 7.68. The largest absolute Gasteiger partial charge is 0.373 e. The maximum atomic E-state index is 11.3. The summed E-state index contributed by atoms with van der Waals surface area (Å²) < 4.78 is 1.92. The second-order valence-electron chi connectivity index (χ2n) is 5.62. The smallest absolute Gasteiger partial charge is 0.292 e. The molecule has 1 aromatic heterocycles. The number of rotatable bonds is 6. The van der Waals surface area contributed by atoms with Gasteiger partial charge in [-0.2, -0.15) is 0 Å². The van der Waals surface area contributed by atoms with E-state index in [1.165, 1.54) is 0 Å². The normalized spacial score (nSPS) is 11.9. The van der Waals surface area contributed by atoms with Crippen molar-refractivity contribution in [2.24, 2.45) is 0 Å². The number of nitrogens with one attached hydrogen (secondary N) is 1. The molecule has 0 radical (unpaired) electrons. The highest BCUT2D eigenvalue weighted by Crippen LogP contribution is 2.29. The van der Waals surface area contributed by atoms with Crippen molar-refractivity contribution in [3.05, 3.63) is 88.5 Å². The van der Waals surface area contributed by atoms with Gasteiger partial charge >= 0.3 is 0 Å². The van der Waals surface area contributed by atoms with Crippen LogP contribution < -0.4 is 5.32 Å². The number of benzene rings is 2. The van der Waals surface area contributed by atoms with E-state index in [0.29, 0.717) is 12.2 Å². The molecule has 0 bridgehead atoms. The third kappa shape index (κ3) is 3.60. The maximum Gasteiger partial charge on any atom is 0.292 e. The Labute approximate surface area is 139 Å². The molecule has 1 atom stereocenters. The molecule has 2 aromatic carbocycles. The van der Waals surface area contributed by atoms with Crippen LogP contribution in [0.3, 0.4) is 0 Å². The zero-order chi connectivity index (χ0) is 16.9. The van der Waals surface area contributed by atoms with Gasteiger partial charge in [0.15, 0.2) is 0 Å². The SMILES string of the molecule is CC(Nc1cc(Cn2ccnc2)ccc1[N+](=O)[O-])c1ccccc1. The molecule has 0 saturated heterocycles. The Bertz CT molecular complexity index is 816. The molecule has 1 unspecified atom stereocenters. The van der Waals surface area contributed by atoms with Crippen LogP contribution in [-0.4, -0.2) is 14.5 Å². The fraction of sp³-hybridized carbons (Fsp3) is 0.167. The summed E-state index contributed by atoms with van der Waals surface area (Å²) in [5.74, 6) is 0. The highest BCUT2D eigenvalue weighted by Gasteiger charge is 2.16. The number of nitro benzene ring substituents is 1. The molecule has 1 heterocycles. The lowest BCUT2D eigenvalue weighted by Crippen LogP contribution is -2.09. The first-order chi connectivity index (χ1) is 11.6. The lowest BCUT2D eigenvalue weighted by Gasteiger charge is -2.16. The van der Waals surface area contributed by atoms with Crippen LogP contribution >= 0.6 is 0 Å². The third-order valence-corrected chi connectivity index (χ3v) is 3.85. The Morgan fingerprint density at radius 3 is 2.71 bits per heavy atom. The highest BCUT2D eigenvalue weighted by atomic mass is 16.6. The molecule has 0 spiro atoms. The van der Waals surface area contributed by atoms with Gasteiger partial charge in [-0.05, 0) is 24.1 Å². The van der Waals surface area contributed by atoms with Gasteiger partial charge in [0.05, 0.1) is 11.3 Å². The molecule has 0 fully saturated rings. The molecule has 122 valence electrons. The fourth-order valence-electron chi connectivity index (χ4n) is 2.61.